The zero-order valence-corrected chi connectivity index (χ0v) is 8.59. The summed E-state index contributed by atoms with van der Waals surface area (Å²) >= 11 is 0. The Morgan fingerprint density at radius 2 is 2.00 bits per heavy atom. The summed E-state index contributed by atoms with van der Waals surface area (Å²) in [5, 5.41) is 8.84. The third-order valence-corrected chi connectivity index (χ3v) is 2.36. The van der Waals surface area contributed by atoms with Gasteiger partial charge in [-0.2, -0.15) is 5.26 Å². The van der Waals surface area contributed by atoms with E-state index < -0.39 is 23.1 Å². The van der Waals surface area contributed by atoms with E-state index in [0.717, 1.165) is 18.2 Å². The second-order valence-electron chi connectivity index (χ2n) is 3.98. The number of nitriles is 1. The number of nitrogens with zero attached hydrogens (tertiary/aromatic N) is 1. The Morgan fingerprint density at radius 3 is 2.53 bits per heavy atom. The molecule has 0 spiro atoms. The third kappa shape index (κ3) is 2.31. The first-order valence-corrected chi connectivity index (χ1v) is 4.50. The lowest BCUT2D eigenvalue weighted by Gasteiger charge is -2.24. The van der Waals surface area contributed by atoms with Gasteiger partial charge in [0.1, 0.15) is 11.6 Å². The molecule has 1 aromatic carbocycles. The molecule has 0 bridgehead atoms. The van der Waals surface area contributed by atoms with E-state index in [4.69, 9.17) is 11.0 Å². The van der Waals surface area contributed by atoms with Gasteiger partial charge in [0.2, 0.25) is 0 Å². The fourth-order valence-electron chi connectivity index (χ4n) is 1.21. The molecule has 0 amide bonds. The van der Waals surface area contributed by atoms with Crippen LogP contribution in [0, 0.1) is 28.4 Å². The van der Waals surface area contributed by atoms with Gasteiger partial charge < -0.3 is 5.73 Å². The van der Waals surface area contributed by atoms with Crippen LogP contribution in [-0.4, -0.2) is 0 Å². The molecule has 0 heterocycles. The summed E-state index contributed by atoms with van der Waals surface area (Å²) in [6.07, 6.45) is 0. The normalized spacial score (nSPS) is 13.3. The van der Waals surface area contributed by atoms with E-state index in [1.165, 1.54) is 0 Å². The lowest BCUT2D eigenvalue weighted by Crippen LogP contribution is -2.28. The predicted molar refractivity (Wildman–Crippen MR) is 52.7 cm³/mol. The Bertz CT molecular complexity index is 408. The van der Waals surface area contributed by atoms with Crippen molar-refractivity contribution in [3.8, 4) is 6.07 Å². The second-order valence-corrected chi connectivity index (χ2v) is 3.98. The van der Waals surface area contributed by atoms with Crippen molar-refractivity contribution in [3.05, 3.63) is 35.4 Å². The monoisotopic (exact) mass is 210 g/mol. The zero-order chi connectivity index (χ0) is 11.6. The van der Waals surface area contributed by atoms with Crippen molar-refractivity contribution in [1.29, 1.82) is 5.26 Å². The van der Waals surface area contributed by atoms with Gasteiger partial charge in [-0.3, -0.25) is 0 Å². The van der Waals surface area contributed by atoms with Crippen LogP contribution in [0.5, 0.6) is 0 Å². The van der Waals surface area contributed by atoms with Crippen molar-refractivity contribution in [3.63, 3.8) is 0 Å². The molecule has 0 saturated carbocycles. The van der Waals surface area contributed by atoms with Gasteiger partial charge in [0.05, 0.1) is 17.5 Å². The molecule has 0 fully saturated rings. The molecule has 80 valence electrons. The molecule has 1 rings (SSSR count). The average molecular weight is 210 g/mol. The predicted octanol–water partition coefficient (Wildman–Crippen LogP) is 2.51. The van der Waals surface area contributed by atoms with Gasteiger partial charge in [-0.1, -0.05) is 0 Å². The third-order valence-electron chi connectivity index (χ3n) is 2.36. The van der Waals surface area contributed by atoms with E-state index in [-0.39, 0.29) is 5.56 Å². The topological polar surface area (TPSA) is 49.8 Å². The summed E-state index contributed by atoms with van der Waals surface area (Å²) in [7, 11) is 0. The molecular formula is C11H12F2N2. The maximum absolute atomic E-state index is 13.3. The van der Waals surface area contributed by atoms with Crippen molar-refractivity contribution in [2.24, 2.45) is 11.1 Å². The molecule has 1 atom stereocenters. The standard InChI is InChI=1S/C11H12F2N2/c1-11(2,6-14)10(15)8-5-7(12)3-4-9(8)13/h3-5,10H,15H2,1-2H3. The summed E-state index contributed by atoms with van der Waals surface area (Å²) in [6.45, 7) is 3.17. The molecule has 4 heteroatoms. The van der Waals surface area contributed by atoms with Crippen molar-refractivity contribution >= 4 is 0 Å². The first-order chi connectivity index (χ1) is 6.88. The highest BCUT2D eigenvalue weighted by molar-refractivity contribution is 5.25. The maximum Gasteiger partial charge on any atom is 0.128 e. The largest absolute Gasteiger partial charge is 0.323 e. The zero-order valence-electron chi connectivity index (χ0n) is 8.59. The van der Waals surface area contributed by atoms with Crippen molar-refractivity contribution in [1.82, 2.24) is 0 Å². The van der Waals surface area contributed by atoms with E-state index in [9.17, 15) is 8.78 Å². The van der Waals surface area contributed by atoms with Crippen molar-refractivity contribution < 1.29 is 8.78 Å². The van der Waals surface area contributed by atoms with Crippen LogP contribution in [0.15, 0.2) is 18.2 Å². The fourth-order valence-corrected chi connectivity index (χ4v) is 1.21. The minimum absolute atomic E-state index is 0.0292. The molecule has 0 aliphatic heterocycles. The Hall–Kier alpha value is -1.47. The summed E-state index contributed by atoms with van der Waals surface area (Å²) in [5.41, 5.74) is 4.82. The summed E-state index contributed by atoms with van der Waals surface area (Å²) in [4.78, 5) is 0. The number of halogens is 2. The Morgan fingerprint density at radius 1 is 1.40 bits per heavy atom. The van der Waals surface area contributed by atoms with Crippen LogP contribution >= 0.6 is 0 Å². The Balaban J connectivity index is 3.17. The lowest BCUT2D eigenvalue weighted by molar-refractivity contribution is 0.380. The molecule has 15 heavy (non-hydrogen) atoms. The van der Waals surface area contributed by atoms with Crippen LogP contribution < -0.4 is 5.73 Å². The highest BCUT2D eigenvalue weighted by atomic mass is 19.1. The number of hydrogen-bond acceptors (Lipinski definition) is 2. The molecule has 1 unspecified atom stereocenters. The SMILES string of the molecule is CC(C)(C#N)C(N)c1cc(F)ccc1F. The second kappa shape index (κ2) is 3.95. The minimum atomic E-state index is -0.936. The smallest absolute Gasteiger partial charge is 0.128 e. The molecule has 0 aliphatic carbocycles. The Labute approximate surface area is 87.3 Å². The van der Waals surface area contributed by atoms with E-state index in [1.54, 1.807) is 13.8 Å². The van der Waals surface area contributed by atoms with Gasteiger partial charge in [0.25, 0.3) is 0 Å². The number of hydrogen-bond donors (Lipinski definition) is 1. The highest BCUT2D eigenvalue weighted by Gasteiger charge is 2.29. The molecule has 2 N–H and O–H groups in total. The molecule has 2 nitrogen and oxygen atoms in total. The van der Waals surface area contributed by atoms with Gasteiger partial charge >= 0.3 is 0 Å². The van der Waals surface area contributed by atoms with E-state index in [1.807, 2.05) is 6.07 Å². The molecule has 0 aromatic heterocycles. The van der Waals surface area contributed by atoms with Gasteiger partial charge in [-0.25, -0.2) is 8.78 Å². The summed E-state index contributed by atoms with van der Waals surface area (Å²) in [5.74, 6) is -1.15. The molecule has 1 aromatic rings. The first kappa shape index (κ1) is 11.6. The minimum Gasteiger partial charge on any atom is -0.323 e. The van der Waals surface area contributed by atoms with Gasteiger partial charge in [0, 0.05) is 5.56 Å². The van der Waals surface area contributed by atoms with Gasteiger partial charge in [-0.05, 0) is 32.0 Å². The maximum atomic E-state index is 13.3. The molecule has 0 aliphatic rings. The molecule has 0 radical (unpaired) electrons. The number of nitrogens with two attached hydrogens (primary N) is 1. The molecule has 0 saturated heterocycles. The van der Waals surface area contributed by atoms with Crippen LogP contribution in [0.25, 0.3) is 0 Å². The summed E-state index contributed by atoms with van der Waals surface area (Å²) in [6, 6.07) is 4.18. The quantitative estimate of drug-likeness (QED) is 0.815. The lowest BCUT2D eigenvalue weighted by atomic mass is 9.82. The summed E-state index contributed by atoms with van der Waals surface area (Å²) < 4.78 is 26.2. The van der Waals surface area contributed by atoms with Crippen LogP contribution in [0.4, 0.5) is 8.78 Å². The Kier molecular flexibility index (Phi) is 3.06. The van der Waals surface area contributed by atoms with Crippen LogP contribution in [0.1, 0.15) is 25.5 Å². The number of rotatable bonds is 2. The van der Waals surface area contributed by atoms with Gasteiger partial charge in [0.15, 0.2) is 0 Å². The van der Waals surface area contributed by atoms with Crippen LogP contribution in [-0.2, 0) is 0 Å². The van der Waals surface area contributed by atoms with Gasteiger partial charge in [-0.15, -0.1) is 0 Å². The number of benzene rings is 1. The van der Waals surface area contributed by atoms with E-state index >= 15 is 0 Å². The average Bonchev–Trinajstić information content (AvgIpc) is 2.20. The fraction of sp³-hybridized carbons (Fsp3) is 0.364. The van der Waals surface area contributed by atoms with E-state index in [2.05, 4.69) is 0 Å². The van der Waals surface area contributed by atoms with Crippen molar-refractivity contribution in [2.75, 3.05) is 0 Å². The van der Waals surface area contributed by atoms with Crippen LogP contribution in [0.2, 0.25) is 0 Å². The van der Waals surface area contributed by atoms with Crippen molar-refractivity contribution in [2.45, 2.75) is 19.9 Å². The van der Waals surface area contributed by atoms with Crippen LogP contribution in [0.3, 0.4) is 0 Å². The molecular weight excluding hydrogens is 198 g/mol. The highest BCUT2D eigenvalue weighted by Crippen LogP contribution is 2.31. The first-order valence-electron chi connectivity index (χ1n) is 4.50. The van der Waals surface area contributed by atoms with E-state index in [0.29, 0.717) is 0 Å².